The molecule has 16 heteroatoms. The molecule has 3 aliphatic heterocycles. The molecular weight excluding hydrogens is 873 g/mol. The van der Waals surface area contributed by atoms with E-state index >= 15 is 0 Å². The Morgan fingerprint density at radius 3 is 2.29 bits per heavy atom. The van der Waals surface area contributed by atoms with Crippen molar-refractivity contribution in [1.29, 1.82) is 0 Å². The number of cyclic esters (lactones) is 1. The lowest BCUT2D eigenvalue weighted by molar-refractivity contribution is -0.321. The van der Waals surface area contributed by atoms with Gasteiger partial charge in [0.2, 0.25) is 0 Å². The second kappa shape index (κ2) is 23.9. The zero-order chi connectivity index (χ0) is 50.5. The van der Waals surface area contributed by atoms with Gasteiger partial charge in [0.05, 0.1) is 47.1 Å². The third-order valence-corrected chi connectivity index (χ3v) is 15.3. The summed E-state index contributed by atoms with van der Waals surface area (Å²) in [5.74, 6) is -2.55. The van der Waals surface area contributed by atoms with Crippen molar-refractivity contribution in [3.05, 3.63) is 42.1 Å². The number of likely N-dealkylation sites (N-methyl/N-ethyl adjacent to an activating group) is 2. The molecule has 0 aliphatic carbocycles. The van der Waals surface area contributed by atoms with E-state index in [9.17, 15) is 25.2 Å². The first-order chi connectivity index (χ1) is 31.8. The second-order valence-electron chi connectivity index (χ2n) is 21.6. The van der Waals surface area contributed by atoms with Crippen molar-refractivity contribution < 1.29 is 58.4 Å². The van der Waals surface area contributed by atoms with Gasteiger partial charge in [-0.1, -0.05) is 39.0 Å². The number of nitrogens with zero attached hydrogens (tertiary/aromatic N) is 4. The van der Waals surface area contributed by atoms with E-state index in [-0.39, 0.29) is 37.3 Å². The standard InChI is InChI=1S/C52H88N4O12/c1-16-41-52(10,61)45(57)35(6)56(14)29-31(2)26-50(8,60)47(33(4)43(34(5)48(59)66-41)67-42-27-51(9,62-15)46(58)36(7)65-42)68-49-44(40(54(11)12)24-32(3)64-49)63-23-19-22-55(13)30-37-25-38-20-17-18-21-39(38)53-28-37/h17-18,20-21,25,28,31-36,40-47,49,57-58,60-61H,16,19,22-24,26-27,29-30H2,1-15H3/t31-,32-,33+,34-,35-,36+,40+,41-,42+,43+,44-,45-,46+,47-,49+,50-,51-,52-/m1/s1. The summed E-state index contributed by atoms with van der Waals surface area (Å²) in [4.78, 5) is 25.6. The lowest BCUT2D eigenvalue weighted by atomic mass is 9.77. The number of aliphatic hydroxyl groups is 4. The molecule has 0 unspecified atom stereocenters. The number of carbonyl (C=O) groups excluding carboxylic acids is 1. The molecule has 4 heterocycles. The molecule has 16 nitrogen and oxygen atoms in total. The monoisotopic (exact) mass is 961 g/mol. The number of aliphatic hydroxyl groups excluding tert-OH is 2. The van der Waals surface area contributed by atoms with Crippen molar-refractivity contribution in [1.82, 2.24) is 19.7 Å². The Morgan fingerprint density at radius 2 is 1.63 bits per heavy atom. The van der Waals surface area contributed by atoms with Crippen LogP contribution in [0.1, 0.15) is 107 Å². The van der Waals surface area contributed by atoms with Crippen LogP contribution in [0, 0.1) is 17.8 Å². The first-order valence-electron chi connectivity index (χ1n) is 25.0. The van der Waals surface area contributed by atoms with Gasteiger partial charge in [0, 0.05) is 69.4 Å². The van der Waals surface area contributed by atoms with Gasteiger partial charge in [0.1, 0.15) is 30.0 Å². The number of ether oxygens (including phenoxy) is 7. The molecule has 3 saturated heterocycles. The van der Waals surface area contributed by atoms with Crippen LogP contribution < -0.4 is 0 Å². The summed E-state index contributed by atoms with van der Waals surface area (Å²) >= 11 is 0. The maximum atomic E-state index is 14.6. The van der Waals surface area contributed by atoms with Crippen molar-refractivity contribution in [3.8, 4) is 0 Å². The lowest BCUT2D eigenvalue weighted by Crippen LogP contribution is -2.61. The largest absolute Gasteiger partial charge is 0.459 e. The minimum absolute atomic E-state index is 0.0943. The van der Waals surface area contributed by atoms with Gasteiger partial charge in [-0.3, -0.25) is 9.78 Å². The van der Waals surface area contributed by atoms with Gasteiger partial charge in [-0.2, -0.15) is 0 Å². The Hall–Kier alpha value is -2.42. The Balaban J connectivity index is 1.49. The molecule has 1 aromatic heterocycles. The molecule has 3 fully saturated rings. The van der Waals surface area contributed by atoms with Crippen LogP contribution in [0.2, 0.25) is 0 Å². The van der Waals surface area contributed by atoms with Gasteiger partial charge in [-0.15, -0.1) is 0 Å². The van der Waals surface area contributed by atoms with Crippen LogP contribution in [0.3, 0.4) is 0 Å². The first kappa shape index (κ1) is 56.5. The maximum absolute atomic E-state index is 14.6. The number of hydrogen-bond acceptors (Lipinski definition) is 16. The van der Waals surface area contributed by atoms with Crippen LogP contribution in [0.25, 0.3) is 10.9 Å². The van der Waals surface area contributed by atoms with Crippen LogP contribution >= 0.6 is 0 Å². The van der Waals surface area contributed by atoms with E-state index in [1.165, 1.54) is 14.0 Å². The van der Waals surface area contributed by atoms with Gasteiger partial charge in [-0.05, 0) is 126 Å². The highest BCUT2D eigenvalue weighted by Gasteiger charge is 2.53. The number of aromatic nitrogens is 1. The second-order valence-corrected chi connectivity index (χ2v) is 21.6. The molecule has 5 rings (SSSR count). The van der Waals surface area contributed by atoms with Gasteiger partial charge in [0.15, 0.2) is 12.6 Å². The number of pyridine rings is 1. The normalized spacial score (nSPS) is 40.8. The minimum Gasteiger partial charge on any atom is -0.459 e. The van der Waals surface area contributed by atoms with Crippen LogP contribution in [0.4, 0.5) is 0 Å². The summed E-state index contributed by atoms with van der Waals surface area (Å²) in [5, 5.41) is 48.8. The molecule has 3 aliphatic rings. The molecule has 0 radical (unpaired) electrons. The number of hydrogen-bond donors (Lipinski definition) is 4. The summed E-state index contributed by atoms with van der Waals surface area (Å²) in [6.07, 6.45) is -4.67. The SMILES string of the molecule is CC[C@H]1OC(=O)[C@H](C)[C@@H](O[C@H]2C[C@@](C)(OC)[C@@H](O)[C@H](C)O2)[C@H](C)[C@@H](O[C@@H]2O[C@H](C)C[C@H](N(C)C)[C@H]2OCCCN(C)Cc2cnc3ccccc3c2)[C@](C)(O)C[C@@H](C)CN(C)[C@H](C)[C@@H](O)[C@]1(C)O. The maximum Gasteiger partial charge on any atom is 0.311 e. The fraction of sp³-hybridized carbons (Fsp3) is 0.808. The fourth-order valence-electron chi connectivity index (χ4n) is 11.1. The van der Waals surface area contributed by atoms with E-state index in [0.717, 1.165) is 36.0 Å². The van der Waals surface area contributed by atoms with Crippen molar-refractivity contribution in [3.63, 3.8) is 0 Å². The summed E-state index contributed by atoms with van der Waals surface area (Å²) in [7, 11) is 9.54. The third-order valence-electron chi connectivity index (χ3n) is 15.3. The number of para-hydroxylation sites is 1. The van der Waals surface area contributed by atoms with E-state index in [1.807, 2.05) is 78.1 Å². The van der Waals surface area contributed by atoms with E-state index in [4.69, 9.17) is 33.2 Å². The van der Waals surface area contributed by atoms with Crippen molar-refractivity contribution >= 4 is 16.9 Å². The molecule has 0 saturated carbocycles. The molecule has 1 aromatic carbocycles. The number of carbonyl (C=O) groups is 1. The highest BCUT2D eigenvalue weighted by atomic mass is 16.7. The zero-order valence-corrected chi connectivity index (χ0v) is 43.8. The zero-order valence-electron chi connectivity index (χ0n) is 43.8. The Morgan fingerprint density at radius 1 is 0.941 bits per heavy atom. The van der Waals surface area contributed by atoms with Crippen molar-refractivity contribution in [2.45, 2.75) is 198 Å². The fourth-order valence-corrected chi connectivity index (χ4v) is 11.1. The molecule has 0 bridgehead atoms. The van der Waals surface area contributed by atoms with Gasteiger partial charge < -0.3 is 68.3 Å². The van der Waals surface area contributed by atoms with Crippen LogP contribution in [-0.4, -0.2) is 191 Å². The molecule has 388 valence electrons. The van der Waals surface area contributed by atoms with Crippen LogP contribution in [-0.2, 0) is 44.5 Å². The molecular formula is C52H88N4O12. The predicted octanol–water partition coefficient (Wildman–Crippen LogP) is 5.00. The van der Waals surface area contributed by atoms with Crippen LogP contribution in [0.15, 0.2) is 36.5 Å². The Labute approximate surface area is 406 Å². The molecule has 68 heavy (non-hydrogen) atoms. The summed E-state index contributed by atoms with van der Waals surface area (Å²) in [6.45, 7) is 20.5. The highest BCUT2D eigenvalue weighted by Crippen LogP contribution is 2.40. The Bertz CT molecular complexity index is 1890. The lowest BCUT2D eigenvalue weighted by Gasteiger charge is -2.49. The summed E-state index contributed by atoms with van der Waals surface area (Å²) in [6, 6.07) is 9.66. The molecule has 0 spiro atoms. The number of methoxy groups -OCH3 is 1. The minimum atomic E-state index is -1.81. The number of rotatable bonds is 14. The molecule has 2 aromatic rings. The van der Waals surface area contributed by atoms with E-state index in [0.29, 0.717) is 19.6 Å². The average molecular weight is 961 g/mol. The van der Waals surface area contributed by atoms with E-state index < -0.39 is 96.0 Å². The van der Waals surface area contributed by atoms with Gasteiger partial charge in [0.25, 0.3) is 0 Å². The smallest absolute Gasteiger partial charge is 0.311 e. The van der Waals surface area contributed by atoms with Crippen molar-refractivity contribution in [2.24, 2.45) is 17.8 Å². The van der Waals surface area contributed by atoms with E-state index in [2.05, 4.69) is 34.0 Å². The van der Waals surface area contributed by atoms with E-state index in [1.54, 1.807) is 34.6 Å². The quantitative estimate of drug-likeness (QED) is 0.147. The number of benzene rings is 1. The first-order valence-corrected chi connectivity index (χ1v) is 25.0. The molecule has 0 amide bonds. The molecule has 4 N–H and O–H groups in total. The third kappa shape index (κ3) is 13.5. The summed E-state index contributed by atoms with van der Waals surface area (Å²) < 4.78 is 45.9. The highest BCUT2D eigenvalue weighted by molar-refractivity contribution is 5.78. The Kier molecular flexibility index (Phi) is 19.8. The molecule has 18 atom stereocenters. The van der Waals surface area contributed by atoms with Crippen molar-refractivity contribution in [2.75, 3.05) is 55.0 Å². The number of esters is 1. The van der Waals surface area contributed by atoms with Gasteiger partial charge >= 0.3 is 5.97 Å². The summed E-state index contributed by atoms with van der Waals surface area (Å²) in [5.41, 5.74) is -2.29. The predicted molar refractivity (Wildman–Crippen MR) is 261 cm³/mol. The number of fused-ring (bicyclic) bond motifs is 1. The topological polar surface area (TPSA) is 185 Å². The van der Waals surface area contributed by atoms with Gasteiger partial charge in [-0.25, -0.2) is 0 Å². The average Bonchev–Trinajstić information content (AvgIpc) is 3.28. The van der Waals surface area contributed by atoms with Crippen LogP contribution in [0.5, 0.6) is 0 Å².